The molecule has 5 nitrogen and oxygen atoms in total. The zero-order valence-electron chi connectivity index (χ0n) is 14.0. The van der Waals surface area contributed by atoms with E-state index in [-0.39, 0.29) is 5.91 Å². The molecular weight excluding hydrogens is 304 g/mol. The van der Waals surface area contributed by atoms with Crippen LogP contribution in [0.5, 0.6) is 11.6 Å². The van der Waals surface area contributed by atoms with Gasteiger partial charge in [-0.3, -0.25) is 4.79 Å². The van der Waals surface area contributed by atoms with Crippen LogP contribution in [0.15, 0.2) is 42.6 Å². The van der Waals surface area contributed by atoms with Crippen molar-refractivity contribution in [2.45, 2.75) is 31.7 Å². The molecule has 24 heavy (non-hydrogen) atoms. The number of hydrogen-bond acceptors (Lipinski definition) is 4. The second-order valence-corrected chi connectivity index (χ2v) is 5.89. The Hall–Kier alpha value is -2.56. The average Bonchev–Trinajstić information content (AvgIpc) is 3.43. The third-order valence-corrected chi connectivity index (χ3v) is 4.40. The Morgan fingerprint density at radius 3 is 2.62 bits per heavy atom. The van der Waals surface area contributed by atoms with Crippen LogP contribution in [0.1, 0.15) is 30.9 Å². The van der Waals surface area contributed by atoms with Crippen molar-refractivity contribution in [2.75, 3.05) is 13.7 Å². The largest absolute Gasteiger partial charge is 0.497 e. The average molecular weight is 326 g/mol. The molecule has 2 aromatic rings. The molecule has 1 heterocycles. The molecule has 5 heteroatoms. The van der Waals surface area contributed by atoms with Crippen molar-refractivity contribution in [2.24, 2.45) is 0 Å². The minimum absolute atomic E-state index is 0.0546. The molecule has 0 bridgehead atoms. The molecule has 1 saturated carbocycles. The van der Waals surface area contributed by atoms with Crippen molar-refractivity contribution >= 4 is 5.91 Å². The minimum Gasteiger partial charge on any atom is -0.497 e. The van der Waals surface area contributed by atoms with E-state index < -0.39 is 5.41 Å². The predicted molar refractivity (Wildman–Crippen MR) is 91.2 cm³/mol. The second-order valence-electron chi connectivity index (χ2n) is 5.89. The molecule has 0 atom stereocenters. The first-order chi connectivity index (χ1) is 11.7. The highest BCUT2D eigenvalue weighted by molar-refractivity contribution is 5.91. The van der Waals surface area contributed by atoms with Crippen molar-refractivity contribution in [3.8, 4) is 11.6 Å². The molecule has 0 radical (unpaired) electrons. The number of benzene rings is 1. The van der Waals surface area contributed by atoms with E-state index in [2.05, 4.69) is 10.3 Å². The van der Waals surface area contributed by atoms with Crippen LogP contribution in [0.25, 0.3) is 0 Å². The molecule has 0 unspecified atom stereocenters. The maximum Gasteiger partial charge on any atom is 0.230 e. The molecule has 3 rings (SSSR count). The van der Waals surface area contributed by atoms with Crippen molar-refractivity contribution in [3.63, 3.8) is 0 Å². The van der Waals surface area contributed by atoms with Crippen LogP contribution < -0.4 is 14.8 Å². The first-order valence-electron chi connectivity index (χ1n) is 8.19. The highest BCUT2D eigenvalue weighted by Gasteiger charge is 2.51. The van der Waals surface area contributed by atoms with Crippen LogP contribution in [-0.4, -0.2) is 24.6 Å². The lowest BCUT2D eigenvalue weighted by Crippen LogP contribution is -2.34. The second kappa shape index (κ2) is 6.91. The molecule has 0 spiro atoms. The third kappa shape index (κ3) is 3.20. The van der Waals surface area contributed by atoms with Gasteiger partial charge in [-0.05, 0) is 43.5 Å². The van der Waals surface area contributed by atoms with Crippen molar-refractivity contribution in [1.82, 2.24) is 10.3 Å². The number of nitrogens with zero attached hydrogens (tertiary/aromatic N) is 1. The molecule has 1 aliphatic carbocycles. The van der Waals surface area contributed by atoms with Gasteiger partial charge in [-0.15, -0.1) is 0 Å². The maximum atomic E-state index is 12.7. The minimum atomic E-state index is -0.403. The number of pyridine rings is 1. The number of aromatic nitrogens is 1. The molecule has 1 aromatic heterocycles. The van der Waals surface area contributed by atoms with Crippen LogP contribution >= 0.6 is 0 Å². The van der Waals surface area contributed by atoms with E-state index in [0.717, 1.165) is 29.7 Å². The van der Waals surface area contributed by atoms with E-state index in [9.17, 15) is 4.79 Å². The normalized spacial score (nSPS) is 14.8. The number of ether oxygens (including phenoxy) is 2. The molecule has 126 valence electrons. The number of nitrogens with one attached hydrogen (secondary N) is 1. The van der Waals surface area contributed by atoms with Crippen LogP contribution in [0.2, 0.25) is 0 Å². The van der Waals surface area contributed by atoms with E-state index in [1.807, 2.05) is 43.3 Å². The van der Waals surface area contributed by atoms with Crippen LogP contribution in [-0.2, 0) is 16.8 Å². The van der Waals surface area contributed by atoms with Crippen LogP contribution in [0, 0.1) is 0 Å². The molecular formula is C19H22N2O3. The summed E-state index contributed by atoms with van der Waals surface area (Å²) in [4.78, 5) is 16.9. The van der Waals surface area contributed by atoms with Crippen molar-refractivity contribution in [1.29, 1.82) is 0 Å². The summed E-state index contributed by atoms with van der Waals surface area (Å²) in [5.74, 6) is 1.43. The number of amides is 1. The Kier molecular flexibility index (Phi) is 4.69. The standard InChI is InChI=1S/C19H22N2O3/c1-3-24-17-14(5-4-12-20-17)13-21-18(22)19(10-11-19)15-6-8-16(23-2)9-7-15/h4-9,12H,3,10-11,13H2,1-2H3,(H,21,22). The Labute approximate surface area is 142 Å². The lowest BCUT2D eigenvalue weighted by atomic mass is 9.95. The lowest BCUT2D eigenvalue weighted by molar-refractivity contribution is -0.123. The zero-order valence-corrected chi connectivity index (χ0v) is 14.0. The molecule has 0 saturated heterocycles. The van der Waals surface area contributed by atoms with E-state index in [0.29, 0.717) is 19.0 Å². The van der Waals surface area contributed by atoms with Gasteiger partial charge >= 0.3 is 0 Å². The highest BCUT2D eigenvalue weighted by atomic mass is 16.5. The van der Waals surface area contributed by atoms with E-state index in [1.165, 1.54) is 0 Å². The first kappa shape index (κ1) is 16.3. The van der Waals surface area contributed by atoms with Gasteiger partial charge in [-0.1, -0.05) is 18.2 Å². The number of carbonyl (C=O) groups excluding carboxylic acids is 1. The summed E-state index contributed by atoms with van der Waals surface area (Å²) in [6.45, 7) is 2.88. The Morgan fingerprint density at radius 2 is 2.00 bits per heavy atom. The van der Waals surface area contributed by atoms with Gasteiger partial charge < -0.3 is 14.8 Å². The Bertz CT molecular complexity index is 709. The van der Waals surface area contributed by atoms with E-state index >= 15 is 0 Å². The van der Waals surface area contributed by atoms with Gasteiger partial charge in [0, 0.05) is 18.3 Å². The SMILES string of the molecule is CCOc1ncccc1CNC(=O)C1(c2ccc(OC)cc2)CC1. The van der Waals surface area contributed by atoms with Gasteiger partial charge in [-0.2, -0.15) is 0 Å². The number of hydrogen-bond donors (Lipinski definition) is 1. The fourth-order valence-electron chi connectivity index (χ4n) is 2.85. The fraction of sp³-hybridized carbons (Fsp3) is 0.368. The van der Waals surface area contributed by atoms with Crippen LogP contribution in [0.4, 0.5) is 0 Å². The number of methoxy groups -OCH3 is 1. The third-order valence-electron chi connectivity index (χ3n) is 4.40. The smallest absolute Gasteiger partial charge is 0.230 e. The summed E-state index contributed by atoms with van der Waals surface area (Å²) in [5, 5.41) is 3.04. The van der Waals surface area contributed by atoms with Crippen molar-refractivity contribution in [3.05, 3.63) is 53.7 Å². The van der Waals surface area contributed by atoms with E-state index in [4.69, 9.17) is 9.47 Å². The van der Waals surface area contributed by atoms with Gasteiger partial charge in [0.05, 0.1) is 19.1 Å². The Morgan fingerprint density at radius 1 is 1.25 bits per heavy atom. The lowest BCUT2D eigenvalue weighted by Gasteiger charge is -2.17. The summed E-state index contributed by atoms with van der Waals surface area (Å²) in [5.41, 5.74) is 1.52. The summed E-state index contributed by atoms with van der Waals surface area (Å²) < 4.78 is 10.7. The number of carbonyl (C=O) groups is 1. The van der Waals surface area contributed by atoms with Gasteiger partial charge in [-0.25, -0.2) is 4.98 Å². The zero-order chi connectivity index (χ0) is 17.0. The molecule has 1 fully saturated rings. The molecule has 1 aromatic carbocycles. The number of rotatable bonds is 7. The van der Waals surface area contributed by atoms with Crippen LogP contribution in [0.3, 0.4) is 0 Å². The van der Waals surface area contributed by atoms with Gasteiger partial charge in [0.25, 0.3) is 0 Å². The van der Waals surface area contributed by atoms with E-state index in [1.54, 1.807) is 13.3 Å². The molecule has 1 N–H and O–H groups in total. The summed E-state index contributed by atoms with van der Waals surface area (Å²) >= 11 is 0. The topological polar surface area (TPSA) is 60.5 Å². The maximum absolute atomic E-state index is 12.7. The van der Waals surface area contributed by atoms with Gasteiger partial charge in [0.1, 0.15) is 5.75 Å². The summed E-state index contributed by atoms with van der Waals surface area (Å²) in [6, 6.07) is 11.5. The van der Waals surface area contributed by atoms with Gasteiger partial charge in [0.15, 0.2) is 0 Å². The Balaban J connectivity index is 1.68. The molecule has 0 aliphatic heterocycles. The first-order valence-corrected chi connectivity index (χ1v) is 8.19. The molecule has 1 aliphatic rings. The highest BCUT2D eigenvalue weighted by Crippen LogP contribution is 2.48. The molecule has 1 amide bonds. The quantitative estimate of drug-likeness (QED) is 0.850. The monoisotopic (exact) mass is 326 g/mol. The summed E-state index contributed by atoms with van der Waals surface area (Å²) in [7, 11) is 1.64. The van der Waals surface area contributed by atoms with Gasteiger partial charge in [0.2, 0.25) is 11.8 Å². The summed E-state index contributed by atoms with van der Waals surface area (Å²) in [6.07, 6.45) is 3.43. The van der Waals surface area contributed by atoms with Crippen molar-refractivity contribution < 1.29 is 14.3 Å². The fourth-order valence-corrected chi connectivity index (χ4v) is 2.85. The predicted octanol–water partition coefficient (Wildman–Crippen LogP) is 2.84.